The maximum atomic E-state index is 12.6. The number of rotatable bonds is 4. The van der Waals surface area contributed by atoms with Crippen molar-refractivity contribution in [3.63, 3.8) is 0 Å². The molecule has 23 heavy (non-hydrogen) atoms. The largest absolute Gasteiger partial charge is 0.481 e. The molecule has 0 radical (unpaired) electrons. The molecule has 1 aromatic carbocycles. The number of likely N-dealkylation sites (tertiary alicyclic amines) is 1. The SMILES string of the molecule is CC(C)c1ccc(C2CC2C(=O)N2CCCC(C(=O)O)C2)cc1. The van der Waals surface area contributed by atoms with E-state index >= 15 is 0 Å². The molecule has 2 aliphatic rings. The summed E-state index contributed by atoms with van der Waals surface area (Å²) < 4.78 is 0. The Labute approximate surface area is 137 Å². The fourth-order valence-electron chi connectivity index (χ4n) is 3.58. The zero-order valence-electron chi connectivity index (χ0n) is 13.9. The fraction of sp³-hybridized carbons (Fsp3) is 0.579. The molecule has 4 nitrogen and oxygen atoms in total. The zero-order valence-corrected chi connectivity index (χ0v) is 13.9. The first-order valence-corrected chi connectivity index (χ1v) is 8.59. The molecule has 1 saturated carbocycles. The van der Waals surface area contributed by atoms with Gasteiger partial charge >= 0.3 is 5.97 Å². The van der Waals surface area contributed by atoms with Crippen molar-refractivity contribution >= 4 is 11.9 Å². The van der Waals surface area contributed by atoms with Crippen molar-refractivity contribution in [3.05, 3.63) is 35.4 Å². The molecule has 1 aromatic rings. The van der Waals surface area contributed by atoms with Gasteiger partial charge in [0.05, 0.1) is 5.92 Å². The van der Waals surface area contributed by atoms with Crippen molar-refractivity contribution in [2.75, 3.05) is 13.1 Å². The number of nitrogens with zero attached hydrogens (tertiary/aromatic N) is 1. The molecule has 1 amide bonds. The van der Waals surface area contributed by atoms with Crippen LogP contribution in [0.3, 0.4) is 0 Å². The quantitative estimate of drug-likeness (QED) is 0.928. The van der Waals surface area contributed by atoms with Gasteiger partial charge in [-0.15, -0.1) is 0 Å². The van der Waals surface area contributed by atoms with Crippen LogP contribution in [-0.4, -0.2) is 35.0 Å². The summed E-state index contributed by atoms with van der Waals surface area (Å²) in [6.45, 7) is 5.43. The Bertz CT molecular complexity index is 593. The van der Waals surface area contributed by atoms with Gasteiger partial charge in [0.2, 0.25) is 5.91 Å². The van der Waals surface area contributed by atoms with Crippen LogP contribution in [0.5, 0.6) is 0 Å². The van der Waals surface area contributed by atoms with Crippen LogP contribution in [0, 0.1) is 11.8 Å². The highest BCUT2D eigenvalue weighted by Crippen LogP contribution is 2.48. The van der Waals surface area contributed by atoms with E-state index in [0.717, 1.165) is 12.8 Å². The van der Waals surface area contributed by atoms with Crippen molar-refractivity contribution in [1.29, 1.82) is 0 Å². The number of hydrogen-bond donors (Lipinski definition) is 1. The predicted octanol–water partition coefficient (Wildman–Crippen LogP) is 3.24. The Morgan fingerprint density at radius 2 is 1.91 bits per heavy atom. The summed E-state index contributed by atoms with van der Waals surface area (Å²) in [4.78, 5) is 25.5. The number of carbonyl (C=O) groups is 2. The highest BCUT2D eigenvalue weighted by atomic mass is 16.4. The molecule has 0 spiro atoms. The molecule has 1 saturated heterocycles. The van der Waals surface area contributed by atoms with Crippen LogP contribution in [0.15, 0.2) is 24.3 Å². The van der Waals surface area contributed by atoms with Gasteiger partial charge in [0.25, 0.3) is 0 Å². The van der Waals surface area contributed by atoms with Crippen LogP contribution in [0.1, 0.15) is 56.1 Å². The lowest BCUT2D eigenvalue weighted by molar-refractivity contribution is -0.146. The van der Waals surface area contributed by atoms with E-state index in [0.29, 0.717) is 31.3 Å². The van der Waals surface area contributed by atoms with Crippen molar-refractivity contribution in [3.8, 4) is 0 Å². The third-order valence-electron chi connectivity index (χ3n) is 5.22. The first kappa shape index (κ1) is 16.0. The van der Waals surface area contributed by atoms with Gasteiger partial charge in [-0.1, -0.05) is 38.1 Å². The Morgan fingerprint density at radius 1 is 1.22 bits per heavy atom. The summed E-state index contributed by atoms with van der Waals surface area (Å²) in [5.41, 5.74) is 2.55. The Balaban J connectivity index is 1.61. The Morgan fingerprint density at radius 3 is 2.52 bits per heavy atom. The monoisotopic (exact) mass is 315 g/mol. The Hall–Kier alpha value is -1.84. The van der Waals surface area contributed by atoms with Crippen LogP contribution < -0.4 is 0 Å². The second-order valence-corrected chi connectivity index (χ2v) is 7.23. The van der Waals surface area contributed by atoms with E-state index in [9.17, 15) is 9.59 Å². The molecular weight excluding hydrogens is 290 g/mol. The van der Waals surface area contributed by atoms with Crippen molar-refractivity contribution < 1.29 is 14.7 Å². The van der Waals surface area contributed by atoms with E-state index < -0.39 is 11.9 Å². The van der Waals surface area contributed by atoms with Crippen LogP contribution in [0.25, 0.3) is 0 Å². The molecule has 4 heteroatoms. The molecule has 1 N–H and O–H groups in total. The lowest BCUT2D eigenvalue weighted by Crippen LogP contribution is -2.43. The van der Waals surface area contributed by atoms with Gasteiger partial charge < -0.3 is 10.0 Å². The second kappa shape index (κ2) is 6.34. The summed E-state index contributed by atoms with van der Waals surface area (Å²) >= 11 is 0. The highest BCUT2D eigenvalue weighted by Gasteiger charge is 2.46. The highest BCUT2D eigenvalue weighted by molar-refractivity contribution is 5.84. The van der Waals surface area contributed by atoms with Gasteiger partial charge in [-0.3, -0.25) is 9.59 Å². The van der Waals surface area contributed by atoms with Crippen molar-refractivity contribution in [2.45, 2.75) is 44.9 Å². The van der Waals surface area contributed by atoms with Gasteiger partial charge in [0.15, 0.2) is 0 Å². The van der Waals surface area contributed by atoms with Gasteiger partial charge in [-0.05, 0) is 42.2 Å². The second-order valence-electron chi connectivity index (χ2n) is 7.23. The van der Waals surface area contributed by atoms with Crippen LogP contribution in [0.4, 0.5) is 0 Å². The van der Waals surface area contributed by atoms with Crippen LogP contribution in [-0.2, 0) is 9.59 Å². The molecule has 3 atom stereocenters. The average Bonchev–Trinajstić information content (AvgIpc) is 3.35. The molecule has 1 aliphatic heterocycles. The minimum atomic E-state index is -0.779. The van der Waals surface area contributed by atoms with Crippen LogP contribution in [0.2, 0.25) is 0 Å². The number of carbonyl (C=O) groups excluding carboxylic acids is 1. The number of amides is 1. The number of aliphatic carboxylic acids is 1. The summed E-state index contributed by atoms with van der Waals surface area (Å²) in [7, 11) is 0. The standard InChI is InChI=1S/C19H25NO3/c1-12(2)13-5-7-14(8-6-13)16-10-17(16)18(21)20-9-3-4-15(11-20)19(22)23/h5-8,12,15-17H,3-4,9-11H2,1-2H3,(H,22,23). The van der Waals surface area contributed by atoms with E-state index in [4.69, 9.17) is 5.11 Å². The summed E-state index contributed by atoms with van der Waals surface area (Å²) in [6.07, 6.45) is 2.38. The first-order chi connectivity index (χ1) is 11.0. The van der Waals surface area contributed by atoms with E-state index in [-0.39, 0.29) is 11.8 Å². The van der Waals surface area contributed by atoms with E-state index in [2.05, 4.69) is 38.1 Å². The maximum Gasteiger partial charge on any atom is 0.308 e. The summed E-state index contributed by atoms with van der Waals surface area (Å²) in [5, 5.41) is 9.15. The molecule has 1 heterocycles. The lowest BCUT2D eigenvalue weighted by Gasteiger charge is -2.31. The minimum absolute atomic E-state index is 0.0486. The Kier molecular flexibility index (Phi) is 4.42. The van der Waals surface area contributed by atoms with Gasteiger partial charge in [-0.25, -0.2) is 0 Å². The maximum absolute atomic E-state index is 12.6. The zero-order chi connectivity index (χ0) is 16.6. The third-order valence-corrected chi connectivity index (χ3v) is 5.22. The van der Waals surface area contributed by atoms with Crippen molar-refractivity contribution in [1.82, 2.24) is 4.90 Å². The molecule has 2 fully saturated rings. The fourth-order valence-corrected chi connectivity index (χ4v) is 3.58. The topological polar surface area (TPSA) is 57.6 Å². The number of carboxylic acid groups (broad SMARTS) is 1. The number of carboxylic acids is 1. The molecule has 0 aromatic heterocycles. The molecule has 124 valence electrons. The van der Waals surface area contributed by atoms with Crippen molar-refractivity contribution in [2.24, 2.45) is 11.8 Å². The molecule has 1 aliphatic carbocycles. The van der Waals surface area contributed by atoms with Crippen LogP contribution >= 0.6 is 0 Å². The average molecular weight is 315 g/mol. The summed E-state index contributed by atoms with van der Waals surface area (Å²) in [6, 6.07) is 8.59. The lowest BCUT2D eigenvalue weighted by atomic mass is 9.97. The molecule has 3 rings (SSSR count). The first-order valence-electron chi connectivity index (χ1n) is 8.59. The summed E-state index contributed by atoms with van der Waals surface area (Å²) in [5.74, 6) is -0.147. The van der Waals surface area contributed by atoms with E-state index in [1.807, 2.05) is 0 Å². The van der Waals surface area contributed by atoms with E-state index in [1.54, 1.807) is 4.90 Å². The van der Waals surface area contributed by atoms with E-state index in [1.165, 1.54) is 11.1 Å². The number of hydrogen-bond acceptors (Lipinski definition) is 2. The van der Waals surface area contributed by atoms with Gasteiger partial charge in [0, 0.05) is 19.0 Å². The third kappa shape index (κ3) is 3.41. The molecule has 3 unspecified atom stereocenters. The van der Waals surface area contributed by atoms with Gasteiger partial charge in [-0.2, -0.15) is 0 Å². The molecular formula is C19H25NO3. The predicted molar refractivity (Wildman–Crippen MR) is 88.3 cm³/mol. The molecule has 0 bridgehead atoms. The number of benzene rings is 1. The smallest absolute Gasteiger partial charge is 0.308 e. The normalized spacial score (nSPS) is 27.1. The van der Waals surface area contributed by atoms with Gasteiger partial charge in [0.1, 0.15) is 0 Å². The number of piperidine rings is 1. The minimum Gasteiger partial charge on any atom is -0.481 e.